The van der Waals surface area contributed by atoms with E-state index < -0.39 is 5.60 Å². The number of hydrogen-bond donors (Lipinski definition) is 2. The number of para-hydroxylation sites is 1. The number of benzene rings is 1. The minimum Gasteiger partial charge on any atom is -0.444 e. The van der Waals surface area contributed by atoms with Crippen LogP contribution in [0.5, 0.6) is 0 Å². The molecule has 0 spiro atoms. The number of nitrogens with one attached hydrogen (secondary N) is 2. The van der Waals surface area contributed by atoms with Crippen molar-refractivity contribution in [1.82, 2.24) is 19.9 Å². The van der Waals surface area contributed by atoms with E-state index in [0.29, 0.717) is 19.0 Å². The molecule has 2 N–H and O–H groups in total. The molecule has 0 aliphatic carbocycles. The Bertz CT molecular complexity index is 1000. The van der Waals surface area contributed by atoms with Gasteiger partial charge in [-0.1, -0.05) is 18.2 Å². The lowest BCUT2D eigenvalue weighted by atomic mass is 10.1. The van der Waals surface area contributed by atoms with Crippen LogP contribution < -0.4 is 5.32 Å². The Morgan fingerprint density at radius 2 is 1.97 bits per heavy atom. The highest BCUT2D eigenvalue weighted by atomic mass is 16.6. The summed E-state index contributed by atoms with van der Waals surface area (Å²) in [5.74, 6) is 0.614. The zero-order valence-corrected chi connectivity index (χ0v) is 17.1. The van der Waals surface area contributed by atoms with Crippen LogP contribution in [-0.4, -0.2) is 50.7 Å². The van der Waals surface area contributed by atoms with Crippen molar-refractivity contribution in [2.24, 2.45) is 0 Å². The molecule has 3 heterocycles. The van der Waals surface area contributed by atoms with E-state index in [1.54, 1.807) is 11.1 Å². The Labute approximate surface area is 170 Å². The molecule has 29 heavy (non-hydrogen) atoms. The summed E-state index contributed by atoms with van der Waals surface area (Å²) in [6.07, 6.45) is 5.19. The van der Waals surface area contributed by atoms with Gasteiger partial charge in [-0.15, -0.1) is 0 Å². The molecule has 0 radical (unpaired) electrons. The Morgan fingerprint density at radius 3 is 2.72 bits per heavy atom. The lowest BCUT2D eigenvalue weighted by Crippen LogP contribution is -2.44. The van der Waals surface area contributed by atoms with E-state index in [0.717, 1.165) is 35.0 Å². The summed E-state index contributed by atoms with van der Waals surface area (Å²) >= 11 is 0. The smallest absolute Gasteiger partial charge is 0.410 e. The number of hydrogen-bond acceptors (Lipinski definition) is 5. The molecule has 2 aromatic heterocycles. The Morgan fingerprint density at radius 1 is 1.21 bits per heavy atom. The van der Waals surface area contributed by atoms with E-state index in [1.165, 1.54) is 0 Å². The fourth-order valence-corrected chi connectivity index (χ4v) is 3.58. The number of carbonyl (C=O) groups excluding carboxylic acids is 1. The first-order valence-corrected chi connectivity index (χ1v) is 10.0. The first-order valence-electron chi connectivity index (χ1n) is 10.0. The first kappa shape index (κ1) is 19.2. The van der Waals surface area contributed by atoms with Crippen molar-refractivity contribution in [2.75, 3.05) is 18.4 Å². The van der Waals surface area contributed by atoms with Crippen LogP contribution in [0.25, 0.3) is 22.2 Å². The maximum atomic E-state index is 12.2. The van der Waals surface area contributed by atoms with E-state index in [4.69, 9.17) is 9.72 Å². The second-order valence-corrected chi connectivity index (χ2v) is 8.40. The number of piperidine rings is 1. The summed E-state index contributed by atoms with van der Waals surface area (Å²) in [5, 5.41) is 4.57. The number of amides is 1. The maximum Gasteiger partial charge on any atom is 0.410 e. The second-order valence-electron chi connectivity index (χ2n) is 8.40. The van der Waals surface area contributed by atoms with Gasteiger partial charge in [0, 0.05) is 48.0 Å². The predicted octanol–water partition coefficient (Wildman–Crippen LogP) is 4.44. The maximum absolute atomic E-state index is 12.2. The molecule has 152 valence electrons. The lowest BCUT2D eigenvalue weighted by molar-refractivity contribution is 0.0210. The molecule has 1 aliphatic heterocycles. The van der Waals surface area contributed by atoms with E-state index >= 15 is 0 Å². The quantitative estimate of drug-likeness (QED) is 0.687. The Kier molecular flexibility index (Phi) is 5.13. The van der Waals surface area contributed by atoms with Gasteiger partial charge in [0.2, 0.25) is 5.95 Å². The number of fused-ring (bicyclic) bond motifs is 1. The van der Waals surface area contributed by atoms with Gasteiger partial charge in [-0.2, -0.15) is 0 Å². The highest BCUT2D eigenvalue weighted by molar-refractivity contribution is 5.94. The topological polar surface area (TPSA) is 83.1 Å². The minimum atomic E-state index is -0.469. The molecule has 1 aromatic carbocycles. The molecule has 1 aliphatic rings. The average molecular weight is 393 g/mol. The van der Waals surface area contributed by atoms with Gasteiger partial charge in [0.15, 0.2) is 0 Å². The number of anilines is 1. The molecular formula is C22H27N5O2. The highest BCUT2D eigenvalue weighted by Crippen LogP contribution is 2.27. The molecule has 0 atom stereocenters. The summed E-state index contributed by atoms with van der Waals surface area (Å²) in [7, 11) is 0. The molecule has 1 fully saturated rings. The van der Waals surface area contributed by atoms with Crippen LogP contribution >= 0.6 is 0 Å². The van der Waals surface area contributed by atoms with Crippen LogP contribution in [0.3, 0.4) is 0 Å². The van der Waals surface area contributed by atoms with Gasteiger partial charge in [-0.3, -0.25) is 0 Å². The summed E-state index contributed by atoms with van der Waals surface area (Å²) < 4.78 is 5.46. The van der Waals surface area contributed by atoms with Crippen LogP contribution in [0.15, 0.2) is 42.7 Å². The van der Waals surface area contributed by atoms with Gasteiger partial charge in [-0.05, 0) is 45.7 Å². The highest BCUT2D eigenvalue weighted by Gasteiger charge is 2.27. The molecule has 1 amide bonds. The molecule has 4 rings (SSSR count). The van der Waals surface area contributed by atoms with Crippen LogP contribution in [0.2, 0.25) is 0 Å². The van der Waals surface area contributed by atoms with E-state index in [1.807, 2.05) is 45.2 Å². The third-order valence-electron chi connectivity index (χ3n) is 5.00. The zero-order valence-electron chi connectivity index (χ0n) is 17.1. The minimum absolute atomic E-state index is 0.229. The van der Waals surface area contributed by atoms with Crippen molar-refractivity contribution in [3.63, 3.8) is 0 Å². The zero-order chi connectivity index (χ0) is 20.4. The number of ether oxygens (including phenoxy) is 1. The fraction of sp³-hybridized carbons (Fsp3) is 0.409. The number of rotatable bonds is 3. The van der Waals surface area contributed by atoms with Gasteiger partial charge in [0.1, 0.15) is 5.60 Å². The van der Waals surface area contributed by atoms with Crippen molar-refractivity contribution in [3.05, 3.63) is 42.7 Å². The monoisotopic (exact) mass is 393 g/mol. The van der Waals surface area contributed by atoms with Gasteiger partial charge in [-0.25, -0.2) is 14.8 Å². The molecule has 0 unspecified atom stereocenters. The first-order chi connectivity index (χ1) is 13.9. The summed E-state index contributed by atoms with van der Waals surface area (Å²) in [6.45, 7) is 6.98. The third kappa shape index (κ3) is 4.50. The summed E-state index contributed by atoms with van der Waals surface area (Å²) in [5.41, 5.74) is 2.56. The van der Waals surface area contributed by atoms with E-state index in [9.17, 15) is 4.79 Å². The third-order valence-corrected chi connectivity index (χ3v) is 5.00. The Hall–Kier alpha value is -3.09. The van der Waals surface area contributed by atoms with Gasteiger partial charge < -0.3 is 19.9 Å². The van der Waals surface area contributed by atoms with Gasteiger partial charge >= 0.3 is 6.09 Å². The normalized spacial score (nSPS) is 15.5. The van der Waals surface area contributed by atoms with Crippen LogP contribution in [0, 0.1) is 0 Å². The lowest BCUT2D eigenvalue weighted by Gasteiger charge is -2.33. The number of nitrogens with zero attached hydrogens (tertiary/aromatic N) is 3. The largest absolute Gasteiger partial charge is 0.444 e. The number of H-pyrrole nitrogens is 1. The average Bonchev–Trinajstić information content (AvgIpc) is 3.12. The molecule has 7 nitrogen and oxygen atoms in total. The van der Waals surface area contributed by atoms with E-state index in [2.05, 4.69) is 27.4 Å². The second kappa shape index (κ2) is 7.73. The molecule has 7 heteroatoms. The van der Waals surface area contributed by atoms with Crippen molar-refractivity contribution >= 4 is 22.9 Å². The van der Waals surface area contributed by atoms with Crippen LogP contribution in [-0.2, 0) is 4.74 Å². The number of likely N-dealkylation sites (tertiary alicyclic amines) is 1. The number of carbonyl (C=O) groups is 1. The SMILES string of the molecule is CC(C)(C)OC(=O)N1CCC(Nc2nccc(-c3c[nH]c4ccccc34)n2)CC1. The molecule has 3 aromatic rings. The van der Waals surface area contributed by atoms with Crippen molar-refractivity contribution in [1.29, 1.82) is 0 Å². The van der Waals surface area contributed by atoms with Crippen molar-refractivity contribution < 1.29 is 9.53 Å². The number of aromatic nitrogens is 3. The van der Waals surface area contributed by atoms with E-state index in [-0.39, 0.29) is 12.1 Å². The van der Waals surface area contributed by atoms with Gasteiger partial charge in [0.05, 0.1) is 5.69 Å². The van der Waals surface area contributed by atoms with Gasteiger partial charge in [0.25, 0.3) is 0 Å². The number of aromatic amines is 1. The van der Waals surface area contributed by atoms with Crippen molar-refractivity contribution in [2.45, 2.75) is 45.3 Å². The summed E-state index contributed by atoms with van der Waals surface area (Å²) in [6, 6.07) is 10.3. The fourth-order valence-electron chi connectivity index (χ4n) is 3.58. The molecular weight excluding hydrogens is 366 g/mol. The predicted molar refractivity (Wildman–Crippen MR) is 114 cm³/mol. The summed E-state index contributed by atoms with van der Waals surface area (Å²) in [4.78, 5) is 26.4. The molecule has 1 saturated heterocycles. The van der Waals surface area contributed by atoms with Crippen LogP contribution in [0.4, 0.5) is 10.7 Å². The Balaban J connectivity index is 1.40. The van der Waals surface area contributed by atoms with Crippen molar-refractivity contribution in [3.8, 4) is 11.3 Å². The standard InChI is InChI=1S/C22H27N5O2/c1-22(2,3)29-21(28)27-12-9-15(10-13-27)25-20-23-11-8-19(26-20)17-14-24-18-7-5-4-6-16(17)18/h4-8,11,14-15,24H,9-10,12-13H2,1-3H3,(H,23,25,26). The molecule has 0 bridgehead atoms. The molecule has 0 saturated carbocycles. The van der Waals surface area contributed by atoms with Crippen LogP contribution in [0.1, 0.15) is 33.6 Å².